The van der Waals surface area contributed by atoms with Crippen LogP contribution in [0.4, 0.5) is 0 Å². The zero-order valence-electron chi connectivity index (χ0n) is 12.2. The largest absolute Gasteiger partial charge is 0.497 e. The first kappa shape index (κ1) is 14.6. The first-order valence-corrected chi connectivity index (χ1v) is 7.88. The summed E-state index contributed by atoms with van der Waals surface area (Å²) in [6.45, 7) is 0.318. The van der Waals surface area contributed by atoms with Crippen molar-refractivity contribution in [2.75, 3.05) is 7.11 Å². The van der Waals surface area contributed by atoms with Crippen LogP contribution in [0.3, 0.4) is 0 Å². The predicted molar refractivity (Wildman–Crippen MR) is 88.3 cm³/mol. The van der Waals surface area contributed by atoms with Gasteiger partial charge in [0.25, 0.3) is 0 Å². The molecule has 112 valence electrons. The number of ether oxygens (including phenoxy) is 2. The first-order chi connectivity index (χ1) is 10.8. The van der Waals surface area contributed by atoms with E-state index in [0.29, 0.717) is 6.61 Å². The van der Waals surface area contributed by atoms with E-state index < -0.39 is 0 Å². The Bertz CT molecular complexity index is 774. The van der Waals surface area contributed by atoms with Gasteiger partial charge in [-0.25, -0.2) is 0 Å². The SMILES string of the molecule is COc1ccc(CC(=O)OCc2csc3ccccc23)cc1. The number of thiophene rings is 1. The Morgan fingerprint density at radius 1 is 1.09 bits per heavy atom. The van der Waals surface area contributed by atoms with Gasteiger partial charge in [-0.3, -0.25) is 4.79 Å². The van der Waals surface area contributed by atoms with E-state index in [4.69, 9.17) is 9.47 Å². The lowest BCUT2D eigenvalue weighted by molar-refractivity contribution is -0.144. The van der Waals surface area contributed by atoms with Gasteiger partial charge in [0, 0.05) is 10.3 Å². The summed E-state index contributed by atoms with van der Waals surface area (Å²) in [5.41, 5.74) is 1.98. The molecule has 3 rings (SSSR count). The van der Waals surface area contributed by atoms with Crippen LogP contribution >= 0.6 is 11.3 Å². The van der Waals surface area contributed by atoms with E-state index in [9.17, 15) is 4.79 Å². The molecule has 0 radical (unpaired) electrons. The Morgan fingerprint density at radius 2 is 1.86 bits per heavy atom. The van der Waals surface area contributed by atoms with E-state index in [1.54, 1.807) is 18.4 Å². The molecule has 0 atom stereocenters. The van der Waals surface area contributed by atoms with Crippen LogP contribution in [-0.2, 0) is 22.6 Å². The van der Waals surface area contributed by atoms with Gasteiger partial charge in [0.1, 0.15) is 12.4 Å². The molecule has 0 aliphatic heterocycles. The molecule has 0 amide bonds. The van der Waals surface area contributed by atoms with Gasteiger partial charge >= 0.3 is 5.97 Å². The Morgan fingerprint density at radius 3 is 2.64 bits per heavy atom. The summed E-state index contributed by atoms with van der Waals surface area (Å²) >= 11 is 1.67. The van der Waals surface area contributed by atoms with Crippen molar-refractivity contribution in [2.24, 2.45) is 0 Å². The smallest absolute Gasteiger partial charge is 0.310 e. The molecular weight excluding hydrogens is 296 g/mol. The zero-order chi connectivity index (χ0) is 15.4. The molecule has 0 saturated carbocycles. The van der Waals surface area contributed by atoms with Crippen molar-refractivity contribution in [1.82, 2.24) is 0 Å². The van der Waals surface area contributed by atoms with Crippen molar-refractivity contribution in [2.45, 2.75) is 13.0 Å². The Kier molecular flexibility index (Phi) is 4.39. The van der Waals surface area contributed by atoms with Gasteiger partial charge in [0.15, 0.2) is 0 Å². The normalized spacial score (nSPS) is 10.6. The highest BCUT2D eigenvalue weighted by molar-refractivity contribution is 7.17. The lowest BCUT2D eigenvalue weighted by Gasteiger charge is -2.05. The van der Waals surface area contributed by atoms with Crippen LogP contribution in [0.1, 0.15) is 11.1 Å². The van der Waals surface area contributed by atoms with E-state index in [2.05, 4.69) is 12.1 Å². The summed E-state index contributed by atoms with van der Waals surface area (Å²) in [5, 5.41) is 3.20. The molecule has 0 N–H and O–H groups in total. The number of carbonyl (C=O) groups excluding carboxylic acids is 1. The number of fused-ring (bicyclic) bond motifs is 1. The topological polar surface area (TPSA) is 35.5 Å². The molecule has 0 unspecified atom stereocenters. The Hall–Kier alpha value is -2.33. The van der Waals surface area contributed by atoms with Crippen LogP contribution in [0.5, 0.6) is 5.75 Å². The summed E-state index contributed by atoms with van der Waals surface area (Å²) in [6, 6.07) is 15.6. The molecule has 4 heteroatoms. The van der Waals surface area contributed by atoms with Crippen molar-refractivity contribution >= 4 is 27.4 Å². The fourth-order valence-corrected chi connectivity index (χ4v) is 3.21. The quantitative estimate of drug-likeness (QED) is 0.663. The molecular formula is C18H16O3S. The van der Waals surface area contributed by atoms with Crippen LogP contribution in [0.2, 0.25) is 0 Å². The second-order valence-electron chi connectivity index (χ2n) is 4.94. The van der Waals surface area contributed by atoms with Crippen LogP contribution in [0, 0.1) is 0 Å². The summed E-state index contributed by atoms with van der Waals surface area (Å²) in [4.78, 5) is 11.9. The van der Waals surface area contributed by atoms with E-state index in [-0.39, 0.29) is 12.4 Å². The molecule has 0 aliphatic rings. The van der Waals surface area contributed by atoms with Gasteiger partial charge in [-0.15, -0.1) is 11.3 Å². The van der Waals surface area contributed by atoms with E-state index in [1.807, 2.05) is 41.8 Å². The predicted octanol–water partition coefficient (Wildman–Crippen LogP) is 4.20. The lowest BCUT2D eigenvalue weighted by atomic mass is 10.1. The van der Waals surface area contributed by atoms with Crippen LogP contribution in [-0.4, -0.2) is 13.1 Å². The van der Waals surface area contributed by atoms with Crippen LogP contribution in [0.15, 0.2) is 53.9 Å². The summed E-state index contributed by atoms with van der Waals surface area (Å²) in [6.07, 6.45) is 0.270. The molecule has 3 nitrogen and oxygen atoms in total. The highest BCUT2D eigenvalue weighted by Gasteiger charge is 2.08. The highest BCUT2D eigenvalue weighted by Crippen LogP contribution is 2.26. The highest BCUT2D eigenvalue weighted by atomic mass is 32.1. The molecule has 0 aliphatic carbocycles. The third kappa shape index (κ3) is 3.28. The first-order valence-electron chi connectivity index (χ1n) is 7.00. The molecule has 0 spiro atoms. The minimum absolute atomic E-state index is 0.222. The average Bonchev–Trinajstić information content (AvgIpc) is 2.97. The Labute approximate surface area is 133 Å². The maximum Gasteiger partial charge on any atom is 0.310 e. The monoisotopic (exact) mass is 312 g/mol. The number of benzene rings is 2. The molecule has 1 aromatic heterocycles. The van der Waals surface area contributed by atoms with Crippen LogP contribution in [0.25, 0.3) is 10.1 Å². The lowest BCUT2D eigenvalue weighted by Crippen LogP contribution is -2.07. The van der Waals surface area contributed by atoms with Gasteiger partial charge in [-0.1, -0.05) is 30.3 Å². The number of rotatable bonds is 5. The third-order valence-corrected chi connectivity index (χ3v) is 4.47. The average molecular weight is 312 g/mol. The van der Waals surface area contributed by atoms with Crippen molar-refractivity contribution < 1.29 is 14.3 Å². The molecule has 22 heavy (non-hydrogen) atoms. The van der Waals surface area contributed by atoms with Gasteiger partial charge in [0.05, 0.1) is 13.5 Å². The molecule has 0 bridgehead atoms. The Balaban J connectivity index is 1.60. The second-order valence-corrected chi connectivity index (χ2v) is 5.85. The third-order valence-electron chi connectivity index (χ3n) is 3.46. The molecule has 2 aromatic carbocycles. The maximum absolute atomic E-state index is 11.9. The van der Waals surface area contributed by atoms with Gasteiger partial charge < -0.3 is 9.47 Å². The number of esters is 1. The zero-order valence-corrected chi connectivity index (χ0v) is 13.1. The van der Waals surface area contributed by atoms with Crippen molar-refractivity contribution in [3.8, 4) is 5.75 Å². The van der Waals surface area contributed by atoms with Gasteiger partial charge in [-0.05, 0) is 34.5 Å². The van der Waals surface area contributed by atoms with Crippen LogP contribution < -0.4 is 4.74 Å². The standard InChI is InChI=1S/C18H16O3S/c1-20-15-8-6-13(7-9-15)10-18(19)21-11-14-12-22-17-5-3-2-4-16(14)17/h2-9,12H,10-11H2,1H3. The molecule has 1 heterocycles. The number of hydrogen-bond acceptors (Lipinski definition) is 4. The van der Waals surface area contributed by atoms with E-state index >= 15 is 0 Å². The van der Waals surface area contributed by atoms with Gasteiger partial charge in [0.2, 0.25) is 0 Å². The summed E-state index contributed by atoms with van der Waals surface area (Å²) in [7, 11) is 1.62. The maximum atomic E-state index is 11.9. The van der Waals surface area contributed by atoms with Gasteiger partial charge in [-0.2, -0.15) is 0 Å². The van der Waals surface area contributed by atoms with E-state index in [1.165, 1.54) is 4.70 Å². The number of carbonyl (C=O) groups is 1. The molecule has 3 aromatic rings. The summed E-state index contributed by atoms with van der Waals surface area (Å²) < 4.78 is 11.7. The van der Waals surface area contributed by atoms with Crippen molar-refractivity contribution in [3.05, 3.63) is 65.0 Å². The van der Waals surface area contributed by atoms with Crippen molar-refractivity contribution in [3.63, 3.8) is 0 Å². The minimum atomic E-state index is -0.222. The molecule has 0 fully saturated rings. The fraction of sp³-hybridized carbons (Fsp3) is 0.167. The van der Waals surface area contributed by atoms with E-state index in [0.717, 1.165) is 22.3 Å². The summed E-state index contributed by atoms with van der Waals surface area (Å²) in [5.74, 6) is 0.558. The fourth-order valence-electron chi connectivity index (χ4n) is 2.26. The number of hydrogen-bond donors (Lipinski definition) is 0. The number of methoxy groups -OCH3 is 1. The second kappa shape index (κ2) is 6.62. The molecule has 0 saturated heterocycles. The van der Waals surface area contributed by atoms with Crippen molar-refractivity contribution in [1.29, 1.82) is 0 Å². The minimum Gasteiger partial charge on any atom is -0.497 e.